The summed E-state index contributed by atoms with van der Waals surface area (Å²) >= 11 is 0.969. The summed E-state index contributed by atoms with van der Waals surface area (Å²) in [4.78, 5) is 0.119. The lowest BCUT2D eigenvalue weighted by atomic mass is 10.2. The maximum Gasteiger partial charge on any atom is 0.262 e. The molecule has 0 saturated carbocycles. The van der Waals surface area contributed by atoms with Crippen LogP contribution in [0.3, 0.4) is 0 Å². The van der Waals surface area contributed by atoms with Crippen LogP contribution in [0.25, 0.3) is 0 Å². The molecule has 0 aliphatic rings. The lowest BCUT2D eigenvalue weighted by molar-refractivity contribution is 0.601. The minimum absolute atomic E-state index is 0.119. The number of nitrogen functional groups attached to an aromatic ring is 1. The van der Waals surface area contributed by atoms with Crippen molar-refractivity contribution in [3.8, 4) is 0 Å². The van der Waals surface area contributed by atoms with E-state index in [0.29, 0.717) is 10.7 Å². The van der Waals surface area contributed by atoms with Crippen LogP contribution in [-0.4, -0.2) is 18.0 Å². The molecule has 90 valence electrons. The second kappa shape index (κ2) is 4.30. The molecule has 0 aliphatic carbocycles. The Bertz CT molecular complexity index is 622. The third kappa shape index (κ3) is 2.53. The highest BCUT2D eigenvalue weighted by molar-refractivity contribution is 7.93. The van der Waals surface area contributed by atoms with Gasteiger partial charge >= 0.3 is 0 Å². The van der Waals surface area contributed by atoms with Crippen LogP contribution in [0, 0.1) is 6.92 Å². The topological polar surface area (TPSA) is 98.0 Å². The van der Waals surface area contributed by atoms with Crippen molar-refractivity contribution in [3.05, 3.63) is 30.0 Å². The zero-order valence-electron chi connectivity index (χ0n) is 8.91. The predicted molar refractivity (Wildman–Crippen MR) is 66.3 cm³/mol. The first-order valence-corrected chi connectivity index (χ1v) is 6.91. The van der Waals surface area contributed by atoms with Crippen LogP contribution in [0.15, 0.2) is 29.3 Å². The average Bonchev–Trinajstić information content (AvgIpc) is 2.73. The number of nitrogens with two attached hydrogens (primary N) is 1. The zero-order chi connectivity index (χ0) is 12.5. The Morgan fingerprint density at radius 2 is 2.18 bits per heavy atom. The highest BCUT2D eigenvalue weighted by Gasteiger charge is 2.15. The standard InChI is InChI=1S/C9H10N4O2S2/c1-6-2-3-7(4-8(6)10)17(14,15)12-9-5-11-13-16-9/h2-5,12H,10H2,1H3. The molecule has 2 aromatic rings. The number of nitrogens with one attached hydrogen (secondary N) is 1. The van der Waals surface area contributed by atoms with Gasteiger partial charge in [0.2, 0.25) is 0 Å². The van der Waals surface area contributed by atoms with E-state index in [1.54, 1.807) is 6.07 Å². The first-order valence-electron chi connectivity index (χ1n) is 4.65. The van der Waals surface area contributed by atoms with Crippen LogP contribution in [0.5, 0.6) is 0 Å². The van der Waals surface area contributed by atoms with Crippen LogP contribution < -0.4 is 10.5 Å². The van der Waals surface area contributed by atoms with E-state index in [2.05, 4.69) is 14.3 Å². The molecule has 0 bridgehead atoms. The number of benzene rings is 1. The van der Waals surface area contributed by atoms with Gasteiger partial charge in [-0.25, -0.2) is 8.42 Å². The number of rotatable bonds is 3. The molecular formula is C9H10N4O2S2. The van der Waals surface area contributed by atoms with Crippen molar-refractivity contribution < 1.29 is 8.42 Å². The van der Waals surface area contributed by atoms with Crippen molar-refractivity contribution in [2.45, 2.75) is 11.8 Å². The van der Waals surface area contributed by atoms with Crippen LogP contribution >= 0.6 is 11.5 Å². The molecule has 0 unspecified atom stereocenters. The fraction of sp³-hybridized carbons (Fsp3) is 0.111. The molecule has 0 fully saturated rings. The molecule has 0 amide bonds. The molecule has 3 N–H and O–H groups in total. The van der Waals surface area contributed by atoms with Gasteiger partial charge in [0, 0.05) is 17.2 Å². The molecule has 0 radical (unpaired) electrons. The van der Waals surface area contributed by atoms with Gasteiger partial charge in [0.05, 0.1) is 11.1 Å². The number of hydrogen-bond donors (Lipinski definition) is 2. The van der Waals surface area contributed by atoms with Gasteiger partial charge in [-0.1, -0.05) is 10.6 Å². The molecule has 1 aromatic carbocycles. The van der Waals surface area contributed by atoms with E-state index >= 15 is 0 Å². The third-order valence-electron chi connectivity index (χ3n) is 2.16. The molecule has 8 heteroatoms. The van der Waals surface area contributed by atoms with Gasteiger partial charge in [-0.3, -0.25) is 4.72 Å². The van der Waals surface area contributed by atoms with E-state index in [9.17, 15) is 8.42 Å². The summed E-state index contributed by atoms with van der Waals surface area (Å²) in [6, 6.07) is 4.59. The van der Waals surface area contributed by atoms with Crippen molar-refractivity contribution >= 4 is 32.2 Å². The van der Waals surface area contributed by atoms with Gasteiger partial charge in [0.15, 0.2) is 0 Å². The minimum atomic E-state index is -3.62. The molecule has 0 spiro atoms. The van der Waals surface area contributed by atoms with Crippen molar-refractivity contribution in [3.63, 3.8) is 0 Å². The molecule has 1 heterocycles. The summed E-state index contributed by atoms with van der Waals surface area (Å²) in [6.07, 6.45) is 1.35. The van der Waals surface area contributed by atoms with Crippen molar-refractivity contribution in [2.24, 2.45) is 0 Å². The normalized spacial score (nSPS) is 11.4. The summed E-state index contributed by atoms with van der Waals surface area (Å²) < 4.78 is 29.8. The fourth-order valence-electron chi connectivity index (χ4n) is 1.19. The maximum absolute atomic E-state index is 11.9. The summed E-state index contributed by atoms with van der Waals surface area (Å²) in [5.41, 5.74) is 6.95. The van der Waals surface area contributed by atoms with Crippen molar-refractivity contribution in [2.75, 3.05) is 10.5 Å². The molecule has 17 heavy (non-hydrogen) atoms. The van der Waals surface area contributed by atoms with Crippen LogP contribution in [0.4, 0.5) is 10.7 Å². The number of sulfonamides is 1. The molecule has 6 nitrogen and oxygen atoms in total. The van der Waals surface area contributed by atoms with Gasteiger partial charge in [-0.05, 0) is 24.6 Å². The molecule has 0 atom stereocenters. The number of aromatic nitrogens is 2. The van der Waals surface area contributed by atoms with Crippen LogP contribution in [0.1, 0.15) is 5.56 Å². The van der Waals surface area contributed by atoms with E-state index in [-0.39, 0.29) is 4.90 Å². The number of aryl methyl sites for hydroxylation is 1. The Balaban J connectivity index is 2.35. The predicted octanol–water partition coefficient (Wildman–Crippen LogP) is 1.23. The lowest BCUT2D eigenvalue weighted by Crippen LogP contribution is -2.12. The van der Waals surface area contributed by atoms with E-state index in [4.69, 9.17) is 5.73 Å². The molecule has 1 aromatic heterocycles. The van der Waals surface area contributed by atoms with E-state index in [1.807, 2.05) is 6.92 Å². The highest BCUT2D eigenvalue weighted by Crippen LogP contribution is 2.21. The summed E-state index contributed by atoms with van der Waals surface area (Å²) in [5.74, 6) is 0. The Labute approximate surface area is 103 Å². The smallest absolute Gasteiger partial charge is 0.262 e. The van der Waals surface area contributed by atoms with Gasteiger partial charge in [-0.15, -0.1) is 5.10 Å². The monoisotopic (exact) mass is 270 g/mol. The second-order valence-electron chi connectivity index (χ2n) is 3.41. The number of hydrogen-bond acceptors (Lipinski definition) is 6. The third-order valence-corrected chi connectivity index (χ3v) is 4.23. The average molecular weight is 270 g/mol. The van der Waals surface area contributed by atoms with Crippen LogP contribution in [-0.2, 0) is 10.0 Å². The van der Waals surface area contributed by atoms with E-state index in [0.717, 1.165) is 17.1 Å². The zero-order valence-corrected chi connectivity index (χ0v) is 10.5. The molecule has 0 saturated heterocycles. The van der Waals surface area contributed by atoms with Crippen molar-refractivity contribution in [1.82, 2.24) is 9.59 Å². The largest absolute Gasteiger partial charge is 0.398 e. The quantitative estimate of drug-likeness (QED) is 0.817. The lowest BCUT2D eigenvalue weighted by Gasteiger charge is -2.07. The first-order chi connectivity index (χ1) is 7.99. The second-order valence-corrected chi connectivity index (χ2v) is 5.87. The summed E-state index contributed by atoms with van der Waals surface area (Å²) in [7, 11) is -3.62. The SMILES string of the molecule is Cc1ccc(S(=O)(=O)Nc2cnns2)cc1N. The summed E-state index contributed by atoms with van der Waals surface area (Å²) in [6.45, 7) is 1.81. The first kappa shape index (κ1) is 11.8. The van der Waals surface area contributed by atoms with Crippen molar-refractivity contribution in [1.29, 1.82) is 0 Å². The van der Waals surface area contributed by atoms with E-state index in [1.165, 1.54) is 18.3 Å². The van der Waals surface area contributed by atoms with Gasteiger partial charge in [-0.2, -0.15) is 0 Å². The van der Waals surface area contributed by atoms with E-state index < -0.39 is 10.0 Å². The molecular weight excluding hydrogens is 260 g/mol. The number of anilines is 2. The van der Waals surface area contributed by atoms with Crippen LogP contribution in [0.2, 0.25) is 0 Å². The Morgan fingerprint density at radius 3 is 2.76 bits per heavy atom. The molecule has 2 rings (SSSR count). The fourth-order valence-corrected chi connectivity index (χ4v) is 2.91. The minimum Gasteiger partial charge on any atom is -0.398 e. The maximum atomic E-state index is 11.9. The van der Waals surface area contributed by atoms with Gasteiger partial charge in [0.25, 0.3) is 10.0 Å². The summed E-state index contributed by atoms with van der Waals surface area (Å²) in [5, 5.41) is 3.91. The van der Waals surface area contributed by atoms with Gasteiger partial charge in [0.1, 0.15) is 5.00 Å². The number of nitrogens with zero attached hydrogens (tertiary/aromatic N) is 2. The molecule has 0 aliphatic heterocycles. The Kier molecular flexibility index (Phi) is 2.99. The highest BCUT2D eigenvalue weighted by atomic mass is 32.2. The Morgan fingerprint density at radius 1 is 1.41 bits per heavy atom. The van der Waals surface area contributed by atoms with Gasteiger partial charge < -0.3 is 5.73 Å². The Hall–Kier alpha value is -1.67.